The van der Waals surface area contributed by atoms with Crippen LogP contribution in [0.25, 0.3) is 0 Å². The largest absolute Gasteiger partial charge is 0.389 e. The zero-order chi connectivity index (χ0) is 15.1. The average Bonchev–Trinajstić information content (AvgIpc) is 2.38. The Morgan fingerprint density at radius 3 is 1.30 bits per heavy atom. The van der Waals surface area contributed by atoms with Crippen LogP contribution in [0.3, 0.4) is 0 Å². The van der Waals surface area contributed by atoms with Crippen LogP contribution in [0, 0.1) is 0 Å². The van der Waals surface area contributed by atoms with Gasteiger partial charge in [0.1, 0.15) is 6.29 Å². The first-order valence-corrected chi connectivity index (χ1v) is 8.06. The summed E-state index contributed by atoms with van der Waals surface area (Å²) in [5, 5.41) is 0. The van der Waals surface area contributed by atoms with Gasteiger partial charge in [-0.3, -0.25) is 0 Å². The molecule has 0 aliphatic heterocycles. The molecule has 0 N–H and O–H groups in total. The topological polar surface area (TPSA) is 17.1 Å². The molecule has 0 radical (unpaired) electrons. The molecule has 0 bridgehead atoms. The van der Waals surface area contributed by atoms with E-state index in [9.17, 15) is 18.0 Å². The van der Waals surface area contributed by atoms with Gasteiger partial charge in [0.15, 0.2) is 0 Å². The molecule has 0 spiro atoms. The minimum Gasteiger partial charge on any atom is -0.303 e. The molecular weight excluding hydrogens is 265 g/mol. The van der Waals surface area contributed by atoms with Crippen LogP contribution in [0.5, 0.6) is 0 Å². The summed E-state index contributed by atoms with van der Waals surface area (Å²) < 4.78 is 35.7. The van der Waals surface area contributed by atoms with Crippen LogP contribution >= 0.6 is 0 Å². The SMILES string of the molecule is O=CCCCCCCCCCCCCCCC(F)(F)F. The summed E-state index contributed by atoms with van der Waals surface area (Å²) in [5.41, 5.74) is 0. The molecule has 0 rings (SSSR count). The van der Waals surface area contributed by atoms with Crippen molar-refractivity contribution in [2.24, 2.45) is 0 Å². The summed E-state index contributed by atoms with van der Waals surface area (Å²) in [6.45, 7) is 0. The van der Waals surface area contributed by atoms with Crippen LogP contribution in [0.1, 0.15) is 89.9 Å². The van der Waals surface area contributed by atoms with E-state index < -0.39 is 12.6 Å². The maximum atomic E-state index is 11.9. The van der Waals surface area contributed by atoms with Crippen LogP contribution in [0.2, 0.25) is 0 Å². The molecule has 0 saturated heterocycles. The molecule has 0 aliphatic rings. The lowest BCUT2D eigenvalue weighted by Gasteiger charge is -2.05. The van der Waals surface area contributed by atoms with Gasteiger partial charge in [0.05, 0.1) is 0 Å². The normalized spacial score (nSPS) is 11.8. The van der Waals surface area contributed by atoms with Gasteiger partial charge in [-0.1, -0.05) is 64.2 Å². The number of hydrogen-bond acceptors (Lipinski definition) is 1. The molecule has 20 heavy (non-hydrogen) atoms. The highest BCUT2D eigenvalue weighted by Gasteiger charge is 2.25. The van der Waals surface area contributed by atoms with Crippen molar-refractivity contribution >= 4 is 6.29 Å². The van der Waals surface area contributed by atoms with Gasteiger partial charge >= 0.3 is 6.18 Å². The predicted octanol–water partition coefficient (Wildman–Crippen LogP) is 6.21. The van der Waals surface area contributed by atoms with Gasteiger partial charge in [-0.05, 0) is 12.8 Å². The molecular formula is C16H29F3O. The molecule has 0 aliphatic carbocycles. The number of alkyl halides is 3. The van der Waals surface area contributed by atoms with Crippen LogP contribution in [-0.4, -0.2) is 12.5 Å². The van der Waals surface area contributed by atoms with Crippen molar-refractivity contribution in [2.45, 2.75) is 96.1 Å². The number of halogens is 3. The zero-order valence-corrected chi connectivity index (χ0v) is 12.5. The van der Waals surface area contributed by atoms with Crippen molar-refractivity contribution in [2.75, 3.05) is 0 Å². The lowest BCUT2D eigenvalue weighted by molar-refractivity contribution is -0.135. The second-order valence-corrected chi connectivity index (χ2v) is 5.56. The minimum absolute atomic E-state index is 0.282. The van der Waals surface area contributed by atoms with Gasteiger partial charge in [0, 0.05) is 12.8 Å². The van der Waals surface area contributed by atoms with Crippen LogP contribution in [0.4, 0.5) is 13.2 Å². The lowest BCUT2D eigenvalue weighted by Crippen LogP contribution is -2.06. The standard InChI is InChI=1S/C16H29F3O/c17-16(18,19)14-12-10-8-6-4-2-1-3-5-7-9-11-13-15-20/h15H,1-14H2. The van der Waals surface area contributed by atoms with E-state index in [0.717, 1.165) is 38.4 Å². The maximum Gasteiger partial charge on any atom is 0.389 e. The maximum absolute atomic E-state index is 11.9. The van der Waals surface area contributed by atoms with E-state index in [1.54, 1.807) is 0 Å². The summed E-state index contributed by atoms with van der Waals surface area (Å²) in [7, 11) is 0. The quantitative estimate of drug-likeness (QED) is 0.275. The monoisotopic (exact) mass is 294 g/mol. The van der Waals surface area contributed by atoms with Crippen molar-refractivity contribution < 1.29 is 18.0 Å². The summed E-state index contributed by atoms with van der Waals surface area (Å²) in [4.78, 5) is 10.1. The first-order chi connectivity index (χ1) is 9.56. The second kappa shape index (κ2) is 13.4. The molecule has 1 nitrogen and oxygen atoms in total. The first kappa shape index (κ1) is 19.5. The van der Waals surface area contributed by atoms with Gasteiger partial charge in [0.2, 0.25) is 0 Å². The van der Waals surface area contributed by atoms with E-state index in [2.05, 4.69) is 0 Å². The third-order valence-corrected chi connectivity index (χ3v) is 3.53. The van der Waals surface area contributed by atoms with Gasteiger partial charge in [-0.2, -0.15) is 13.2 Å². The van der Waals surface area contributed by atoms with E-state index in [1.165, 1.54) is 32.1 Å². The zero-order valence-electron chi connectivity index (χ0n) is 12.5. The van der Waals surface area contributed by atoms with E-state index in [0.29, 0.717) is 12.8 Å². The molecule has 0 amide bonds. The number of rotatable bonds is 14. The molecule has 0 aromatic rings. The average molecular weight is 294 g/mol. The molecule has 0 saturated carbocycles. The van der Waals surface area contributed by atoms with Crippen LogP contribution in [-0.2, 0) is 4.79 Å². The number of aldehydes is 1. The third-order valence-electron chi connectivity index (χ3n) is 3.53. The second-order valence-electron chi connectivity index (χ2n) is 5.56. The summed E-state index contributed by atoms with van der Waals surface area (Å²) in [5.74, 6) is 0. The van der Waals surface area contributed by atoms with E-state index in [4.69, 9.17) is 0 Å². The Hall–Kier alpha value is -0.540. The molecule has 0 aromatic heterocycles. The van der Waals surface area contributed by atoms with Crippen molar-refractivity contribution in [1.82, 2.24) is 0 Å². The van der Waals surface area contributed by atoms with Crippen molar-refractivity contribution in [3.63, 3.8) is 0 Å². The van der Waals surface area contributed by atoms with E-state index in [1.807, 2.05) is 0 Å². The first-order valence-electron chi connectivity index (χ1n) is 8.06. The molecule has 120 valence electrons. The summed E-state index contributed by atoms with van der Waals surface area (Å²) >= 11 is 0. The fraction of sp³-hybridized carbons (Fsp3) is 0.938. The summed E-state index contributed by atoms with van der Waals surface area (Å²) in [6, 6.07) is 0. The third kappa shape index (κ3) is 17.5. The Kier molecular flexibility index (Phi) is 13.1. The van der Waals surface area contributed by atoms with E-state index >= 15 is 0 Å². The smallest absolute Gasteiger partial charge is 0.303 e. The minimum atomic E-state index is -3.98. The lowest BCUT2D eigenvalue weighted by atomic mass is 10.0. The Balaban J connectivity index is 3.01. The molecule has 0 aromatic carbocycles. The van der Waals surface area contributed by atoms with Crippen LogP contribution < -0.4 is 0 Å². The number of carbonyl (C=O) groups is 1. The molecule has 0 heterocycles. The van der Waals surface area contributed by atoms with Gasteiger partial charge in [-0.25, -0.2) is 0 Å². The van der Waals surface area contributed by atoms with Crippen molar-refractivity contribution in [3.8, 4) is 0 Å². The predicted molar refractivity (Wildman–Crippen MR) is 76.8 cm³/mol. The number of unbranched alkanes of at least 4 members (excludes halogenated alkanes) is 12. The van der Waals surface area contributed by atoms with E-state index in [-0.39, 0.29) is 6.42 Å². The number of hydrogen-bond donors (Lipinski definition) is 0. The van der Waals surface area contributed by atoms with Crippen molar-refractivity contribution in [1.29, 1.82) is 0 Å². The molecule has 0 unspecified atom stereocenters. The highest BCUT2D eigenvalue weighted by molar-refractivity contribution is 5.48. The van der Waals surface area contributed by atoms with Gasteiger partial charge in [-0.15, -0.1) is 0 Å². The Morgan fingerprint density at radius 2 is 0.950 bits per heavy atom. The highest BCUT2D eigenvalue weighted by atomic mass is 19.4. The number of carbonyl (C=O) groups excluding carboxylic acids is 1. The highest BCUT2D eigenvalue weighted by Crippen LogP contribution is 2.23. The Labute approximate surface area is 121 Å². The molecule has 4 heteroatoms. The molecule has 0 fully saturated rings. The Morgan fingerprint density at radius 1 is 0.600 bits per heavy atom. The summed E-state index contributed by atoms with van der Waals surface area (Å²) in [6.07, 6.45) is 9.50. The van der Waals surface area contributed by atoms with Gasteiger partial charge < -0.3 is 4.79 Å². The van der Waals surface area contributed by atoms with Crippen molar-refractivity contribution in [3.05, 3.63) is 0 Å². The fourth-order valence-corrected chi connectivity index (χ4v) is 2.32. The van der Waals surface area contributed by atoms with Gasteiger partial charge in [0.25, 0.3) is 0 Å². The fourth-order valence-electron chi connectivity index (χ4n) is 2.32. The van der Waals surface area contributed by atoms with Crippen LogP contribution in [0.15, 0.2) is 0 Å². The Bertz CT molecular complexity index is 214. The molecule has 0 atom stereocenters.